The third-order valence-corrected chi connectivity index (χ3v) is 2.52. The molecular formula is C13H20ClFN2O2. The molecule has 0 unspecified atom stereocenters. The van der Waals surface area contributed by atoms with Crippen molar-refractivity contribution in [2.24, 2.45) is 11.7 Å². The second-order valence-electron chi connectivity index (χ2n) is 4.34. The summed E-state index contributed by atoms with van der Waals surface area (Å²) in [5.41, 5.74) is 6.07. The lowest BCUT2D eigenvalue weighted by molar-refractivity contribution is -0.118. The summed E-state index contributed by atoms with van der Waals surface area (Å²) in [6.45, 7) is 5.86. The fourth-order valence-electron chi connectivity index (χ4n) is 1.38. The Morgan fingerprint density at radius 1 is 1.47 bits per heavy atom. The highest BCUT2D eigenvalue weighted by atomic mass is 35.5. The SMILES string of the molecule is CCOc1ccc(NC(=O)[C@@H](N)C(C)C)cc1F.Cl. The predicted molar refractivity (Wildman–Crippen MR) is 76.3 cm³/mol. The molecule has 0 aromatic heterocycles. The Kier molecular flexibility index (Phi) is 7.41. The Balaban J connectivity index is 0.00000324. The lowest BCUT2D eigenvalue weighted by Crippen LogP contribution is -2.39. The molecule has 1 atom stereocenters. The molecule has 1 aromatic carbocycles. The van der Waals surface area contributed by atoms with Gasteiger partial charge in [-0.25, -0.2) is 4.39 Å². The van der Waals surface area contributed by atoms with Gasteiger partial charge in [-0.3, -0.25) is 4.79 Å². The molecule has 0 saturated carbocycles. The molecule has 19 heavy (non-hydrogen) atoms. The zero-order valence-electron chi connectivity index (χ0n) is 11.3. The number of halogens is 2. The first-order valence-electron chi connectivity index (χ1n) is 5.94. The fraction of sp³-hybridized carbons (Fsp3) is 0.462. The summed E-state index contributed by atoms with van der Waals surface area (Å²) < 4.78 is 18.6. The van der Waals surface area contributed by atoms with E-state index in [1.807, 2.05) is 13.8 Å². The molecule has 0 aliphatic rings. The number of amides is 1. The summed E-state index contributed by atoms with van der Waals surface area (Å²) in [5, 5.41) is 2.57. The highest BCUT2D eigenvalue weighted by Gasteiger charge is 2.17. The van der Waals surface area contributed by atoms with Crippen molar-refractivity contribution in [3.05, 3.63) is 24.0 Å². The zero-order valence-corrected chi connectivity index (χ0v) is 12.1. The van der Waals surface area contributed by atoms with Gasteiger partial charge in [0.25, 0.3) is 0 Å². The minimum absolute atomic E-state index is 0. The molecule has 0 heterocycles. The quantitative estimate of drug-likeness (QED) is 0.876. The molecule has 0 aliphatic heterocycles. The number of anilines is 1. The first kappa shape index (κ1) is 17.7. The summed E-state index contributed by atoms with van der Waals surface area (Å²) in [6, 6.07) is 3.67. The maximum Gasteiger partial charge on any atom is 0.241 e. The fourth-order valence-corrected chi connectivity index (χ4v) is 1.38. The molecule has 1 aromatic rings. The largest absolute Gasteiger partial charge is 0.491 e. The van der Waals surface area contributed by atoms with Gasteiger partial charge < -0.3 is 15.8 Å². The van der Waals surface area contributed by atoms with E-state index in [4.69, 9.17) is 10.5 Å². The molecule has 0 bridgehead atoms. The first-order valence-corrected chi connectivity index (χ1v) is 5.94. The van der Waals surface area contributed by atoms with Gasteiger partial charge in [-0.1, -0.05) is 13.8 Å². The number of rotatable bonds is 5. The lowest BCUT2D eigenvalue weighted by atomic mass is 10.0. The molecule has 1 rings (SSSR count). The number of ether oxygens (including phenoxy) is 1. The zero-order chi connectivity index (χ0) is 13.7. The third-order valence-electron chi connectivity index (χ3n) is 2.52. The van der Waals surface area contributed by atoms with E-state index in [1.165, 1.54) is 12.1 Å². The van der Waals surface area contributed by atoms with Crippen molar-refractivity contribution in [3.63, 3.8) is 0 Å². The topological polar surface area (TPSA) is 64.3 Å². The molecule has 1 amide bonds. The van der Waals surface area contributed by atoms with Crippen LogP contribution in [0.4, 0.5) is 10.1 Å². The monoisotopic (exact) mass is 290 g/mol. The Morgan fingerprint density at radius 3 is 2.58 bits per heavy atom. The van der Waals surface area contributed by atoms with Crippen LogP contribution in [0.2, 0.25) is 0 Å². The van der Waals surface area contributed by atoms with Gasteiger partial charge in [-0.05, 0) is 25.0 Å². The normalized spacial score (nSPS) is 11.7. The van der Waals surface area contributed by atoms with Crippen molar-refractivity contribution in [1.29, 1.82) is 0 Å². The van der Waals surface area contributed by atoms with Crippen LogP contribution in [0.25, 0.3) is 0 Å². The smallest absolute Gasteiger partial charge is 0.241 e. The van der Waals surface area contributed by atoms with E-state index in [1.54, 1.807) is 13.0 Å². The van der Waals surface area contributed by atoms with Crippen molar-refractivity contribution < 1.29 is 13.9 Å². The van der Waals surface area contributed by atoms with Gasteiger partial charge in [0.15, 0.2) is 11.6 Å². The second kappa shape index (κ2) is 7.96. The minimum atomic E-state index is -0.611. The van der Waals surface area contributed by atoms with Gasteiger partial charge in [-0.15, -0.1) is 12.4 Å². The van der Waals surface area contributed by atoms with E-state index in [0.717, 1.165) is 0 Å². The van der Waals surface area contributed by atoms with Crippen molar-refractivity contribution in [1.82, 2.24) is 0 Å². The van der Waals surface area contributed by atoms with Crippen LogP contribution >= 0.6 is 12.4 Å². The average Bonchev–Trinajstić information content (AvgIpc) is 2.31. The highest BCUT2D eigenvalue weighted by molar-refractivity contribution is 5.94. The van der Waals surface area contributed by atoms with Crippen molar-refractivity contribution in [3.8, 4) is 5.75 Å². The maximum absolute atomic E-state index is 13.5. The predicted octanol–water partition coefficient (Wildman–Crippen LogP) is 2.57. The summed E-state index contributed by atoms with van der Waals surface area (Å²) in [5.74, 6) is -0.637. The molecule has 0 spiro atoms. The van der Waals surface area contributed by atoms with Gasteiger partial charge in [-0.2, -0.15) is 0 Å². The Labute approximate surface area is 118 Å². The van der Waals surface area contributed by atoms with Gasteiger partial charge in [0.05, 0.1) is 12.6 Å². The third kappa shape index (κ3) is 5.04. The van der Waals surface area contributed by atoms with Crippen LogP contribution in [0.1, 0.15) is 20.8 Å². The Morgan fingerprint density at radius 2 is 2.11 bits per heavy atom. The first-order chi connectivity index (χ1) is 8.45. The number of hydrogen-bond donors (Lipinski definition) is 2. The van der Waals surface area contributed by atoms with Crippen LogP contribution in [-0.4, -0.2) is 18.6 Å². The molecule has 6 heteroatoms. The number of carbonyl (C=O) groups excluding carboxylic acids is 1. The van der Waals surface area contributed by atoms with E-state index < -0.39 is 11.9 Å². The Hall–Kier alpha value is -1.33. The number of benzene rings is 1. The molecule has 0 aliphatic carbocycles. The number of hydrogen-bond acceptors (Lipinski definition) is 3. The van der Waals surface area contributed by atoms with Crippen LogP contribution < -0.4 is 15.8 Å². The second-order valence-corrected chi connectivity index (χ2v) is 4.34. The number of nitrogens with two attached hydrogens (primary N) is 1. The van der Waals surface area contributed by atoms with E-state index in [0.29, 0.717) is 12.3 Å². The summed E-state index contributed by atoms with van der Waals surface area (Å²) >= 11 is 0. The van der Waals surface area contributed by atoms with Gasteiger partial charge >= 0.3 is 0 Å². The highest BCUT2D eigenvalue weighted by Crippen LogP contribution is 2.21. The van der Waals surface area contributed by atoms with Gasteiger partial charge in [0, 0.05) is 11.8 Å². The van der Waals surface area contributed by atoms with Crippen molar-refractivity contribution in [2.45, 2.75) is 26.8 Å². The van der Waals surface area contributed by atoms with Crippen LogP contribution in [-0.2, 0) is 4.79 Å². The van der Waals surface area contributed by atoms with Gasteiger partial charge in [0.2, 0.25) is 5.91 Å². The molecule has 4 nitrogen and oxygen atoms in total. The van der Waals surface area contributed by atoms with E-state index in [9.17, 15) is 9.18 Å². The van der Waals surface area contributed by atoms with Crippen LogP contribution in [0, 0.1) is 11.7 Å². The summed E-state index contributed by atoms with van der Waals surface area (Å²) in [4.78, 5) is 11.7. The van der Waals surface area contributed by atoms with E-state index >= 15 is 0 Å². The maximum atomic E-state index is 13.5. The van der Waals surface area contributed by atoms with Crippen molar-refractivity contribution in [2.75, 3.05) is 11.9 Å². The van der Waals surface area contributed by atoms with E-state index in [2.05, 4.69) is 5.32 Å². The number of nitrogens with one attached hydrogen (secondary N) is 1. The molecular weight excluding hydrogens is 271 g/mol. The van der Waals surface area contributed by atoms with E-state index in [-0.39, 0.29) is 30.0 Å². The standard InChI is InChI=1S/C13H19FN2O2.ClH/c1-4-18-11-6-5-9(7-10(11)14)16-13(17)12(15)8(2)3;/h5-8,12H,4,15H2,1-3H3,(H,16,17);1H/t12-;/m0./s1. The molecule has 108 valence electrons. The molecule has 3 N–H and O–H groups in total. The summed E-state index contributed by atoms with van der Waals surface area (Å²) in [7, 11) is 0. The minimum Gasteiger partial charge on any atom is -0.491 e. The van der Waals surface area contributed by atoms with Crippen molar-refractivity contribution >= 4 is 24.0 Å². The molecule has 0 saturated heterocycles. The van der Waals surface area contributed by atoms with Crippen LogP contribution in [0.15, 0.2) is 18.2 Å². The molecule has 0 fully saturated rings. The van der Waals surface area contributed by atoms with Gasteiger partial charge in [0.1, 0.15) is 0 Å². The van der Waals surface area contributed by atoms with Crippen LogP contribution in [0.5, 0.6) is 5.75 Å². The lowest BCUT2D eigenvalue weighted by Gasteiger charge is -2.15. The average molecular weight is 291 g/mol. The Bertz CT molecular complexity index is 427. The summed E-state index contributed by atoms with van der Waals surface area (Å²) in [6.07, 6.45) is 0. The molecule has 0 radical (unpaired) electrons. The number of carbonyl (C=O) groups is 1. The van der Waals surface area contributed by atoms with Crippen LogP contribution in [0.3, 0.4) is 0 Å².